The van der Waals surface area contributed by atoms with Gasteiger partial charge in [-0.3, -0.25) is 0 Å². The Labute approximate surface area is 142 Å². The van der Waals surface area contributed by atoms with Crippen LogP contribution in [0.15, 0.2) is 43.0 Å². The zero-order valence-corrected chi connectivity index (χ0v) is 15.2. The Balaban J connectivity index is 2.33. The lowest BCUT2D eigenvalue weighted by atomic mass is 9.87. The van der Waals surface area contributed by atoms with Crippen molar-refractivity contribution in [3.63, 3.8) is 0 Å². The lowest BCUT2D eigenvalue weighted by Gasteiger charge is -2.17. The van der Waals surface area contributed by atoms with Gasteiger partial charge in [0, 0.05) is 0 Å². The molecule has 0 saturated heterocycles. The first-order valence-corrected chi connectivity index (χ1v) is 8.90. The number of rotatable bonds is 7. The van der Waals surface area contributed by atoms with Crippen LogP contribution in [0, 0.1) is 20.8 Å². The standard InChI is InChI=1S/C23H30/c1-6-7-8-9-12-18(3)21-13-10-11-14-22(21)23-19(4)15-17(2)16-20(23)5/h10-11,13-16H,3,6-9,12H2,1-2,4-5H3. The van der Waals surface area contributed by atoms with E-state index in [1.54, 1.807) is 0 Å². The van der Waals surface area contributed by atoms with Crippen LogP contribution >= 0.6 is 0 Å². The van der Waals surface area contributed by atoms with Gasteiger partial charge in [-0.25, -0.2) is 0 Å². The van der Waals surface area contributed by atoms with E-state index in [1.807, 2.05) is 0 Å². The van der Waals surface area contributed by atoms with Crippen LogP contribution in [0.1, 0.15) is 61.3 Å². The molecule has 23 heavy (non-hydrogen) atoms. The van der Waals surface area contributed by atoms with Gasteiger partial charge in [-0.15, -0.1) is 0 Å². The second-order valence-electron chi connectivity index (χ2n) is 6.73. The zero-order valence-electron chi connectivity index (χ0n) is 15.2. The number of allylic oxidation sites excluding steroid dienone is 1. The summed E-state index contributed by atoms with van der Waals surface area (Å²) >= 11 is 0. The van der Waals surface area contributed by atoms with Gasteiger partial charge in [0.2, 0.25) is 0 Å². The van der Waals surface area contributed by atoms with Crippen LogP contribution in [-0.2, 0) is 0 Å². The van der Waals surface area contributed by atoms with Crippen molar-refractivity contribution in [2.75, 3.05) is 0 Å². The fourth-order valence-electron chi connectivity index (χ4n) is 3.51. The van der Waals surface area contributed by atoms with Crippen molar-refractivity contribution >= 4 is 5.57 Å². The highest BCUT2D eigenvalue weighted by molar-refractivity contribution is 5.83. The molecule has 0 fully saturated rings. The summed E-state index contributed by atoms with van der Waals surface area (Å²) in [5, 5.41) is 0. The van der Waals surface area contributed by atoms with Crippen molar-refractivity contribution in [3.05, 3.63) is 65.2 Å². The molecule has 0 bridgehead atoms. The molecule has 0 heteroatoms. The van der Waals surface area contributed by atoms with Crippen molar-refractivity contribution in [1.29, 1.82) is 0 Å². The van der Waals surface area contributed by atoms with Crippen LogP contribution in [0.5, 0.6) is 0 Å². The maximum absolute atomic E-state index is 4.39. The number of unbranched alkanes of at least 4 members (excludes halogenated alkanes) is 3. The Hall–Kier alpha value is -1.82. The molecule has 0 heterocycles. The van der Waals surface area contributed by atoms with Crippen LogP contribution in [0.2, 0.25) is 0 Å². The van der Waals surface area contributed by atoms with Gasteiger partial charge in [0.25, 0.3) is 0 Å². The van der Waals surface area contributed by atoms with E-state index in [4.69, 9.17) is 0 Å². The van der Waals surface area contributed by atoms with Crippen LogP contribution in [0.25, 0.3) is 16.7 Å². The summed E-state index contributed by atoms with van der Waals surface area (Å²) in [5.74, 6) is 0. The molecular weight excluding hydrogens is 276 g/mol. The molecule has 0 saturated carbocycles. The second kappa shape index (κ2) is 8.15. The Bertz CT molecular complexity index is 653. The monoisotopic (exact) mass is 306 g/mol. The van der Waals surface area contributed by atoms with E-state index in [-0.39, 0.29) is 0 Å². The molecule has 0 N–H and O–H groups in total. The molecule has 122 valence electrons. The summed E-state index contributed by atoms with van der Waals surface area (Å²) in [5.41, 5.74) is 9.35. The maximum atomic E-state index is 4.39. The predicted molar refractivity (Wildman–Crippen MR) is 104 cm³/mol. The maximum Gasteiger partial charge on any atom is -0.0104 e. The number of benzene rings is 2. The van der Waals surface area contributed by atoms with E-state index in [0.29, 0.717) is 0 Å². The number of hydrogen-bond acceptors (Lipinski definition) is 0. The Morgan fingerprint density at radius 1 is 0.913 bits per heavy atom. The van der Waals surface area contributed by atoms with E-state index in [9.17, 15) is 0 Å². The van der Waals surface area contributed by atoms with Crippen molar-refractivity contribution in [1.82, 2.24) is 0 Å². The summed E-state index contributed by atoms with van der Waals surface area (Å²) in [7, 11) is 0. The van der Waals surface area contributed by atoms with Gasteiger partial charge in [-0.1, -0.05) is 74.7 Å². The third-order valence-electron chi connectivity index (χ3n) is 4.59. The van der Waals surface area contributed by atoms with E-state index in [1.165, 1.54) is 64.6 Å². The summed E-state index contributed by atoms with van der Waals surface area (Å²) in [6.07, 6.45) is 6.25. The van der Waals surface area contributed by atoms with Gasteiger partial charge in [0.15, 0.2) is 0 Å². The average Bonchev–Trinajstić information content (AvgIpc) is 2.51. The average molecular weight is 306 g/mol. The van der Waals surface area contributed by atoms with Crippen molar-refractivity contribution < 1.29 is 0 Å². The van der Waals surface area contributed by atoms with Gasteiger partial charge < -0.3 is 0 Å². The lowest BCUT2D eigenvalue weighted by molar-refractivity contribution is 0.679. The molecule has 2 aromatic rings. The van der Waals surface area contributed by atoms with Gasteiger partial charge in [0.05, 0.1) is 0 Å². The predicted octanol–water partition coefficient (Wildman–Crippen LogP) is 7.26. The molecule has 0 unspecified atom stereocenters. The smallest absolute Gasteiger partial charge is 0.0104 e. The quantitative estimate of drug-likeness (QED) is 0.472. The third-order valence-corrected chi connectivity index (χ3v) is 4.59. The topological polar surface area (TPSA) is 0 Å². The summed E-state index contributed by atoms with van der Waals surface area (Å²) in [6.45, 7) is 13.2. The van der Waals surface area contributed by atoms with Gasteiger partial charge in [-0.2, -0.15) is 0 Å². The first-order chi connectivity index (χ1) is 11.0. The second-order valence-corrected chi connectivity index (χ2v) is 6.73. The Morgan fingerprint density at radius 3 is 2.22 bits per heavy atom. The van der Waals surface area contributed by atoms with Crippen LogP contribution in [0.3, 0.4) is 0 Å². The molecule has 0 aliphatic rings. The minimum absolute atomic E-state index is 1.10. The fraction of sp³-hybridized carbons (Fsp3) is 0.391. The summed E-state index contributed by atoms with van der Waals surface area (Å²) in [6, 6.07) is 13.3. The third kappa shape index (κ3) is 4.34. The molecule has 0 atom stereocenters. The fourth-order valence-corrected chi connectivity index (χ4v) is 3.51. The first-order valence-electron chi connectivity index (χ1n) is 8.90. The molecule has 0 aliphatic heterocycles. The summed E-state index contributed by atoms with van der Waals surface area (Å²) in [4.78, 5) is 0. The minimum atomic E-state index is 1.10. The highest BCUT2D eigenvalue weighted by Gasteiger charge is 2.12. The van der Waals surface area contributed by atoms with E-state index in [2.05, 4.69) is 70.7 Å². The minimum Gasteiger partial charge on any atom is -0.0952 e. The molecule has 2 rings (SSSR count). The van der Waals surface area contributed by atoms with Crippen molar-refractivity contribution in [3.8, 4) is 11.1 Å². The number of aryl methyl sites for hydroxylation is 3. The van der Waals surface area contributed by atoms with E-state index in [0.717, 1.165) is 6.42 Å². The summed E-state index contributed by atoms with van der Waals surface area (Å²) < 4.78 is 0. The SMILES string of the molecule is C=C(CCCCCC)c1ccccc1-c1c(C)cc(C)cc1C. The lowest BCUT2D eigenvalue weighted by Crippen LogP contribution is -1.95. The molecule has 2 aromatic carbocycles. The Morgan fingerprint density at radius 2 is 1.57 bits per heavy atom. The highest BCUT2D eigenvalue weighted by atomic mass is 14.2. The molecule has 0 amide bonds. The van der Waals surface area contributed by atoms with Gasteiger partial charge in [0.1, 0.15) is 0 Å². The van der Waals surface area contributed by atoms with Crippen LogP contribution in [0.4, 0.5) is 0 Å². The highest BCUT2D eigenvalue weighted by Crippen LogP contribution is 2.35. The normalized spacial score (nSPS) is 10.8. The van der Waals surface area contributed by atoms with Crippen LogP contribution in [-0.4, -0.2) is 0 Å². The van der Waals surface area contributed by atoms with Gasteiger partial charge in [-0.05, 0) is 67.0 Å². The van der Waals surface area contributed by atoms with Crippen molar-refractivity contribution in [2.45, 2.75) is 59.8 Å². The molecule has 0 spiro atoms. The van der Waals surface area contributed by atoms with E-state index < -0.39 is 0 Å². The molecule has 0 radical (unpaired) electrons. The molecule has 0 nitrogen and oxygen atoms in total. The largest absolute Gasteiger partial charge is 0.0952 e. The van der Waals surface area contributed by atoms with Crippen molar-refractivity contribution in [2.24, 2.45) is 0 Å². The molecular formula is C23H30. The zero-order chi connectivity index (χ0) is 16.8. The van der Waals surface area contributed by atoms with E-state index >= 15 is 0 Å². The first kappa shape index (κ1) is 17.5. The molecule has 0 aromatic heterocycles. The number of hydrogen-bond donors (Lipinski definition) is 0. The Kier molecular flexibility index (Phi) is 6.21. The van der Waals surface area contributed by atoms with Gasteiger partial charge >= 0.3 is 0 Å². The molecule has 0 aliphatic carbocycles. The van der Waals surface area contributed by atoms with Crippen LogP contribution < -0.4 is 0 Å².